The Morgan fingerprint density at radius 2 is 1.42 bits per heavy atom. The van der Waals surface area contributed by atoms with Crippen LogP contribution < -0.4 is 9.47 Å². The number of methoxy groups -OCH3 is 2. The fourth-order valence-electron chi connectivity index (χ4n) is 3.45. The number of rotatable bonds is 7. The van der Waals surface area contributed by atoms with E-state index in [4.69, 9.17) is 9.47 Å². The molecule has 31 heavy (non-hydrogen) atoms. The van der Waals surface area contributed by atoms with Crippen molar-refractivity contribution in [2.75, 3.05) is 14.2 Å². The van der Waals surface area contributed by atoms with Crippen molar-refractivity contribution in [3.8, 4) is 17.2 Å². The fraction of sp³-hybridized carbons (Fsp3) is 0.208. The SMILES string of the molecule is COc1ccccc1C(O)(c1ccccc1OC)[C@@H](C)N=Cc1cccc(Br)c1O.[Cu]. The van der Waals surface area contributed by atoms with Crippen molar-refractivity contribution in [3.05, 3.63) is 87.9 Å². The first-order valence-corrected chi connectivity index (χ1v) is 10.2. The summed E-state index contributed by atoms with van der Waals surface area (Å²) in [5.74, 6) is 1.17. The number of hydrogen-bond donors (Lipinski definition) is 2. The third-order valence-corrected chi connectivity index (χ3v) is 5.73. The summed E-state index contributed by atoms with van der Waals surface area (Å²) in [4.78, 5) is 4.61. The molecule has 0 amide bonds. The van der Waals surface area contributed by atoms with Crippen LogP contribution >= 0.6 is 15.9 Å². The first-order chi connectivity index (χ1) is 14.4. The van der Waals surface area contributed by atoms with Crippen molar-refractivity contribution < 1.29 is 36.8 Å². The van der Waals surface area contributed by atoms with E-state index in [9.17, 15) is 10.2 Å². The van der Waals surface area contributed by atoms with Gasteiger partial charge in [0.25, 0.3) is 0 Å². The molecule has 0 unspecified atom stereocenters. The smallest absolute Gasteiger partial charge is 0.144 e. The second-order valence-electron chi connectivity index (χ2n) is 6.80. The monoisotopic (exact) mass is 532 g/mol. The van der Waals surface area contributed by atoms with Gasteiger partial charge in [-0.25, -0.2) is 0 Å². The molecule has 1 radical (unpaired) electrons. The van der Waals surface area contributed by atoms with Crippen molar-refractivity contribution in [3.63, 3.8) is 0 Å². The summed E-state index contributed by atoms with van der Waals surface area (Å²) in [5, 5.41) is 22.4. The molecule has 167 valence electrons. The van der Waals surface area contributed by atoms with Gasteiger partial charge in [0, 0.05) is 40.0 Å². The minimum atomic E-state index is -1.54. The van der Waals surface area contributed by atoms with Gasteiger partial charge in [0.2, 0.25) is 0 Å². The number of para-hydroxylation sites is 3. The number of ether oxygens (including phenoxy) is 2. The Hall–Kier alpha value is -2.31. The van der Waals surface area contributed by atoms with Crippen molar-refractivity contribution in [1.82, 2.24) is 0 Å². The Morgan fingerprint density at radius 3 is 1.94 bits per heavy atom. The van der Waals surface area contributed by atoms with Crippen LogP contribution in [0.4, 0.5) is 0 Å². The van der Waals surface area contributed by atoms with Gasteiger partial charge in [0.15, 0.2) is 0 Å². The third-order valence-electron chi connectivity index (χ3n) is 5.10. The molecule has 0 aliphatic rings. The van der Waals surface area contributed by atoms with Gasteiger partial charge in [0.1, 0.15) is 22.8 Å². The van der Waals surface area contributed by atoms with Gasteiger partial charge in [-0.15, -0.1) is 0 Å². The van der Waals surface area contributed by atoms with E-state index in [0.717, 1.165) is 0 Å². The molecule has 0 spiro atoms. The Kier molecular flexibility index (Phi) is 8.71. The molecule has 0 aliphatic carbocycles. The Balaban J connectivity index is 0.00000341. The molecule has 0 fully saturated rings. The minimum Gasteiger partial charge on any atom is -0.506 e. The van der Waals surface area contributed by atoms with E-state index in [1.165, 1.54) is 0 Å². The molecule has 0 bridgehead atoms. The van der Waals surface area contributed by atoms with E-state index in [1.54, 1.807) is 44.7 Å². The summed E-state index contributed by atoms with van der Waals surface area (Å²) in [6.45, 7) is 1.81. The van der Waals surface area contributed by atoms with E-state index in [-0.39, 0.29) is 22.8 Å². The van der Waals surface area contributed by atoms with Gasteiger partial charge < -0.3 is 19.7 Å². The van der Waals surface area contributed by atoms with E-state index in [2.05, 4.69) is 20.9 Å². The maximum absolute atomic E-state index is 12.1. The summed E-state index contributed by atoms with van der Waals surface area (Å²) in [6, 6.07) is 19.3. The molecular weight excluding hydrogens is 510 g/mol. The Labute approximate surface area is 201 Å². The number of benzene rings is 3. The second-order valence-corrected chi connectivity index (χ2v) is 7.65. The number of hydrogen-bond acceptors (Lipinski definition) is 5. The van der Waals surface area contributed by atoms with E-state index in [0.29, 0.717) is 32.7 Å². The zero-order valence-electron chi connectivity index (χ0n) is 17.3. The Bertz CT molecular complexity index is 1010. The normalized spacial score (nSPS) is 12.3. The van der Waals surface area contributed by atoms with Crippen molar-refractivity contribution in [2.45, 2.75) is 18.6 Å². The van der Waals surface area contributed by atoms with Crippen LogP contribution in [0.2, 0.25) is 0 Å². The van der Waals surface area contributed by atoms with Gasteiger partial charge in [0.05, 0.1) is 24.7 Å². The molecule has 3 aromatic carbocycles. The molecule has 0 saturated carbocycles. The summed E-state index contributed by atoms with van der Waals surface area (Å²) in [5.41, 5.74) is 0.135. The van der Waals surface area contributed by atoms with E-state index >= 15 is 0 Å². The van der Waals surface area contributed by atoms with Crippen molar-refractivity contribution in [2.24, 2.45) is 4.99 Å². The van der Waals surface area contributed by atoms with E-state index in [1.807, 2.05) is 49.4 Å². The zero-order chi connectivity index (χ0) is 21.7. The molecule has 3 rings (SSSR count). The number of nitrogens with zero attached hydrogens (tertiary/aromatic N) is 1. The molecule has 1 atom stereocenters. The van der Waals surface area contributed by atoms with Crippen molar-refractivity contribution in [1.29, 1.82) is 0 Å². The van der Waals surface area contributed by atoms with Crippen LogP contribution in [0, 0.1) is 0 Å². The van der Waals surface area contributed by atoms with Crippen LogP contribution in [-0.2, 0) is 22.7 Å². The summed E-state index contributed by atoms with van der Waals surface area (Å²) in [6.07, 6.45) is 1.56. The fourth-order valence-corrected chi connectivity index (χ4v) is 3.83. The predicted octanol–water partition coefficient (Wildman–Crippen LogP) is 4.91. The summed E-state index contributed by atoms with van der Waals surface area (Å²) < 4.78 is 11.6. The standard InChI is InChI=1S/C24H24BrNO4.Cu/c1-16(26-15-17-9-8-12-20(25)23(17)27)24(28,18-10-4-6-13-21(18)29-2)19-11-5-7-14-22(19)30-3;/h4-16,27-28H,1-3H3;/t16-;/m1./s1. The quantitative estimate of drug-likeness (QED) is 0.334. The molecular formula is C24H24BrCuNO4. The van der Waals surface area contributed by atoms with Crippen LogP contribution in [0.1, 0.15) is 23.6 Å². The molecule has 5 nitrogen and oxygen atoms in total. The minimum absolute atomic E-state index is 0. The number of aliphatic imine (C=N–C) groups is 1. The van der Waals surface area contributed by atoms with Crippen LogP contribution in [0.3, 0.4) is 0 Å². The third kappa shape index (κ3) is 4.96. The Morgan fingerprint density at radius 1 is 0.903 bits per heavy atom. The first-order valence-electron chi connectivity index (χ1n) is 9.43. The first kappa shape index (κ1) is 25.0. The molecule has 0 aliphatic heterocycles. The predicted molar refractivity (Wildman–Crippen MR) is 122 cm³/mol. The van der Waals surface area contributed by atoms with Crippen LogP contribution in [0.25, 0.3) is 0 Å². The topological polar surface area (TPSA) is 71.3 Å². The van der Waals surface area contributed by atoms with Crippen LogP contribution in [0.5, 0.6) is 17.2 Å². The van der Waals surface area contributed by atoms with Crippen molar-refractivity contribution >= 4 is 22.1 Å². The van der Waals surface area contributed by atoms with Gasteiger partial charge in [-0.3, -0.25) is 4.99 Å². The van der Waals surface area contributed by atoms with E-state index < -0.39 is 11.6 Å². The molecule has 0 heterocycles. The number of aliphatic hydroxyl groups is 1. The molecule has 3 aromatic rings. The second kappa shape index (κ2) is 10.8. The number of halogens is 1. The van der Waals surface area contributed by atoms with Crippen LogP contribution in [-0.4, -0.2) is 36.7 Å². The zero-order valence-corrected chi connectivity index (χ0v) is 19.9. The van der Waals surface area contributed by atoms with Gasteiger partial charge >= 0.3 is 0 Å². The summed E-state index contributed by atoms with van der Waals surface area (Å²) in [7, 11) is 3.13. The molecule has 0 saturated heterocycles. The summed E-state index contributed by atoms with van der Waals surface area (Å²) >= 11 is 3.31. The molecule has 7 heteroatoms. The van der Waals surface area contributed by atoms with Gasteiger partial charge in [-0.05, 0) is 47.1 Å². The van der Waals surface area contributed by atoms with Gasteiger partial charge in [-0.1, -0.05) is 42.5 Å². The molecule has 0 aromatic heterocycles. The van der Waals surface area contributed by atoms with Crippen LogP contribution in [0.15, 0.2) is 76.2 Å². The number of phenols is 1. The molecule has 2 N–H and O–H groups in total. The largest absolute Gasteiger partial charge is 0.506 e. The van der Waals surface area contributed by atoms with Gasteiger partial charge in [-0.2, -0.15) is 0 Å². The maximum atomic E-state index is 12.1. The number of phenolic OH excluding ortho intramolecular Hbond substituents is 1. The average molecular weight is 534 g/mol. The average Bonchev–Trinajstić information content (AvgIpc) is 2.79. The maximum Gasteiger partial charge on any atom is 0.144 e. The number of aromatic hydroxyl groups is 1.